The number of hydrogen-bond acceptors (Lipinski definition) is 1. The molecular weight excluding hydrogens is 213 g/mol. The van der Waals surface area contributed by atoms with Gasteiger partial charge >= 0.3 is 82.2 Å². The quantitative estimate of drug-likeness (QED) is 0.523. The molecule has 1 aliphatic heterocycles. The monoisotopic (exact) mass is 229 g/mol. The van der Waals surface area contributed by atoms with Gasteiger partial charge in [-0.05, 0) is 0 Å². The standard InChI is InChI=1S/C10H15NSe/c1-2-3-4-7-10(12)11-8-5-6-9-11/h2-4,7H,5-6,8-9H2,1H3/b3-2+,7-4+. The van der Waals surface area contributed by atoms with Crippen LogP contribution in [0, 0.1) is 0 Å². The van der Waals surface area contributed by atoms with Gasteiger partial charge in [0.15, 0.2) is 0 Å². The number of nitrogens with zero attached hydrogens (tertiary/aromatic N) is 1. The summed E-state index contributed by atoms with van der Waals surface area (Å²) in [6.07, 6.45) is 11.0. The molecule has 0 spiro atoms. The van der Waals surface area contributed by atoms with E-state index in [0.717, 1.165) is 0 Å². The van der Waals surface area contributed by atoms with E-state index in [1.807, 2.05) is 19.1 Å². The molecule has 1 rings (SSSR count). The second kappa shape index (κ2) is 5.34. The average Bonchev–Trinajstić information content (AvgIpc) is 2.56. The molecule has 1 heterocycles. The van der Waals surface area contributed by atoms with Crippen molar-refractivity contribution in [1.29, 1.82) is 0 Å². The zero-order chi connectivity index (χ0) is 8.81. The van der Waals surface area contributed by atoms with E-state index in [2.05, 4.69) is 32.6 Å². The van der Waals surface area contributed by atoms with Crippen LogP contribution in [-0.2, 0) is 0 Å². The van der Waals surface area contributed by atoms with Gasteiger partial charge in [0.2, 0.25) is 0 Å². The molecule has 0 aromatic heterocycles. The van der Waals surface area contributed by atoms with Crippen molar-refractivity contribution in [3.8, 4) is 0 Å². The summed E-state index contributed by atoms with van der Waals surface area (Å²) in [6, 6.07) is 0. The molecule has 12 heavy (non-hydrogen) atoms. The van der Waals surface area contributed by atoms with Gasteiger partial charge in [0, 0.05) is 0 Å². The summed E-state index contributed by atoms with van der Waals surface area (Å²) in [6.45, 7) is 4.45. The van der Waals surface area contributed by atoms with Crippen molar-refractivity contribution in [1.82, 2.24) is 4.90 Å². The van der Waals surface area contributed by atoms with Crippen LogP contribution in [-0.4, -0.2) is 38.1 Å². The summed E-state index contributed by atoms with van der Waals surface area (Å²) in [5.41, 5.74) is 0. The third-order valence-electron chi connectivity index (χ3n) is 1.96. The molecule has 0 aromatic rings. The third kappa shape index (κ3) is 2.96. The van der Waals surface area contributed by atoms with E-state index in [1.165, 1.54) is 30.5 Å². The maximum atomic E-state index is 3.10. The molecule has 1 fully saturated rings. The predicted molar refractivity (Wildman–Crippen MR) is 55.5 cm³/mol. The molecule has 66 valence electrons. The summed E-state index contributed by atoms with van der Waals surface area (Å²) in [5.74, 6) is 0. The van der Waals surface area contributed by atoms with Gasteiger partial charge < -0.3 is 0 Å². The number of hydrogen-bond donors (Lipinski definition) is 0. The Hall–Kier alpha value is -0.331. The molecule has 0 N–H and O–H groups in total. The van der Waals surface area contributed by atoms with Gasteiger partial charge in [0.05, 0.1) is 0 Å². The van der Waals surface area contributed by atoms with Gasteiger partial charge in [-0.25, -0.2) is 0 Å². The summed E-state index contributed by atoms with van der Waals surface area (Å²) < 4.78 is 1.27. The van der Waals surface area contributed by atoms with Gasteiger partial charge in [-0.3, -0.25) is 0 Å². The fourth-order valence-corrected chi connectivity index (χ4v) is 1.84. The van der Waals surface area contributed by atoms with Crippen LogP contribution in [0.15, 0.2) is 24.3 Å². The van der Waals surface area contributed by atoms with E-state index in [0.29, 0.717) is 0 Å². The SMILES string of the molecule is C/C=C/C=C/C(=[Se])N1CCCC1. The molecule has 0 aliphatic carbocycles. The van der Waals surface area contributed by atoms with Crippen molar-refractivity contribution in [2.45, 2.75) is 19.8 Å². The minimum absolute atomic E-state index is 1.21. The second-order valence-electron chi connectivity index (χ2n) is 2.92. The Balaban J connectivity index is 2.36. The fourth-order valence-electron chi connectivity index (χ4n) is 1.29. The Bertz CT molecular complexity index is 200. The first-order chi connectivity index (χ1) is 5.84. The Kier molecular flexibility index (Phi) is 4.34. The van der Waals surface area contributed by atoms with Gasteiger partial charge in [-0.2, -0.15) is 0 Å². The molecule has 0 bridgehead atoms. The van der Waals surface area contributed by atoms with Crippen molar-refractivity contribution in [2.75, 3.05) is 13.1 Å². The summed E-state index contributed by atoms with van der Waals surface area (Å²) in [7, 11) is 0. The van der Waals surface area contributed by atoms with Crippen molar-refractivity contribution in [3.05, 3.63) is 24.3 Å². The van der Waals surface area contributed by atoms with E-state index < -0.39 is 0 Å². The van der Waals surface area contributed by atoms with Gasteiger partial charge in [0.1, 0.15) is 0 Å². The molecular formula is C10H15NSe. The summed E-state index contributed by atoms with van der Waals surface area (Å²) in [4.78, 5) is 2.39. The Morgan fingerprint density at radius 3 is 2.50 bits per heavy atom. The molecule has 0 saturated carbocycles. The molecule has 2 heteroatoms. The van der Waals surface area contributed by atoms with Crippen LogP contribution < -0.4 is 0 Å². The van der Waals surface area contributed by atoms with Crippen molar-refractivity contribution >= 4 is 20.1 Å². The van der Waals surface area contributed by atoms with Crippen LogP contribution in [0.4, 0.5) is 0 Å². The molecule has 1 aliphatic rings. The normalized spacial score (nSPS) is 18.2. The molecule has 0 atom stereocenters. The number of allylic oxidation sites excluding steroid dienone is 3. The van der Waals surface area contributed by atoms with E-state index in [4.69, 9.17) is 0 Å². The van der Waals surface area contributed by atoms with E-state index in [-0.39, 0.29) is 0 Å². The van der Waals surface area contributed by atoms with E-state index >= 15 is 0 Å². The van der Waals surface area contributed by atoms with Crippen molar-refractivity contribution in [2.24, 2.45) is 0 Å². The summed E-state index contributed by atoms with van der Waals surface area (Å²) >= 11 is 3.10. The number of likely N-dealkylation sites (tertiary alicyclic amines) is 1. The maximum absolute atomic E-state index is 3.10. The Labute approximate surface area is 82.5 Å². The van der Waals surface area contributed by atoms with Crippen molar-refractivity contribution < 1.29 is 0 Å². The Morgan fingerprint density at radius 2 is 1.92 bits per heavy atom. The van der Waals surface area contributed by atoms with Crippen LogP contribution in [0.1, 0.15) is 19.8 Å². The first-order valence-electron chi connectivity index (χ1n) is 4.43. The van der Waals surface area contributed by atoms with E-state index in [1.54, 1.807) is 0 Å². The van der Waals surface area contributed by atoms with E-state index in [9.17, 15) is 0 Å². The summed E-state index contributed by atoms with van der Waals surface area (Å²) in [5, 5.41) is 0. The van der Waals surface area contributed by atoms with Crippen LogP contribution >= 0.6 is 0 Å². The third-order valence-corrected chi connectivity index (χ3v) is 2.79. The second-order valence-corrected chi connectivity index (χ2v) is 3.79. The topological polar surface area (TPSA) is 3.24 Å². The molecule has 1 saturated heterocycles. The molecule has 0 aromatic carbocycles. The minimum atomic E-state index is 1.21. The molecule has 0 amide bonds. The van der Waals surface area contributed by atoms with Crippen LogP contribution in [0.2, 0.25) is 0 Å². The van der Waals surface area contributed by atoms with Crippen LogP contribution in [0.3, 0.4) is 0 Å². The Morgan fingerprint density at radius 1 is 1.25 bits per heavy atom. The average molecular weight is 228 g/mol. The van der Waals surface area contributed by atoms with Gasteiger partial charge in [-0.1, -0.05) is 0 Å². The van der Waals surface area contributed by atoms with Crippen LogP contribution in [0.25, 0.3) is 0 Å². The first kappa shape index (κ1) is 9.76. The van der Waals surface area contributed by atoms with Gasteiger partial charge in [-0.15, -0.1) is 0 Å². The predicted octanol–water partition coefficient (Wildman–Crippen LogP) is 1.51. The molecule has 0 radical (unpaired) electrons. The van der Waals surface area contributed by atoms with Gasteiger partial charge in [0.25, 0.3) is 0 Å². The molecule has 0 unspecified atom stereocenters. The first-order valence-corrected chi connectivity index (χ1v) is 5.28. The molecule has 1 nitrogen and oxygen atoms in total. The zero-order valence-electron chi connectivity index (χ0n) is 7.49. The number of rotatable bonds is 3. The zero-order valence-corrected chi connectivity index (χ0v) is 9.21. The van der Waals surface area contributed by atoms with Crippen LogP contribution in [0.5, 0.6) is 0 Å². The fraction of sp³-hybridized carbons (Fsp3) is 0.500. The van der Waals surface area contributed by atoms with Crippen molar-refractivity contribution in [3.63, 3.8) is 0 Å².